The Kier molecular flexibility index (Phi) is 6.06. The molecule has 0 aliphatic carbocycles. The standard InChI is InChI=1S/C9H20OS/c1-7(2)5-6-11-9(4)8(3)10/h7-10H,5-6H2,1-4H3. The van der Waals surface area contributed by atoms with Crippen LogP contribution >= 0.6 is 11.8 Å². The Labute approximate surface area is 74.6 Å². The van der Waals surface area contributed by atoms with Crippen molar-refractivity contribution in [3.05, 3.63) is 0 Å². The van der Waals surface area contributed by atoms with E-state index in [0.717, 1.165) is 5.92 Å². The molecule has 68 valence electrons. The Balaban J connectivity index is 3.24. The molecule has 1 N–H and O–H groups in total. The van der Waals surface area contributed by atoms with Gasteiger partial charge in [0.1, 0.15) is 0 Å². The zero-order chi connectivity index (χ0) is 8.85. The summed E-state index contributed by atoms with van der Waals surface area (Å²) in [7, 11) is 0. The predicted octanol–water partition coefficient (Wildman–Crippen LogP) is 2.54. The van der Waals surface area contributed by atoms with Crippen LogP contribution in [0.5, 0.6) is 0 Å². The van der Waals surface area contributed by atoms with Crippen molar-refractivity contribution in [2.24, 2.45) is 5.92 Å². The van der Waals surface area contributed by atoms with Gasteiger partial charge in [-0.3, -0.25) is 0 Å². The quantitative estimate of drug-likeness (QED) is 0.694. The van der Waals surface area contributed by atoms with Crippen LogP contribution < -0.4 is 0 Å². The van der Waals surface area contributed by atoms with E-state index in [4.69, 9.17) is 5.11 Å². The van der Waals surface area contributed by atoms with E-state index in [-0.39, 0.29) is 6.10 Å². The van der Waals surface area contributed by atoms with Gasteiger partial charge in [-0.25, -0.2) is 0 Å². The summed E-state index contributed by atoms with van der Waals surface area (Å²) in [6.45, 7) is 8.39. The summed E-state index contributed by atoms with van der Waals surface area (Å²) in [5.41, 5.74) is 0. The van der Waals surface area contributed by atoms with E-state index in [0.29, 0.717) is 5.25 Å². The van der Waals surface area contributed by atoms with Crippen molar-refractivity contribution in [3.63, 3.8) is 0 Å². The normalized spacial score (nSPS) is 16.9. The van der Waals surface area contributed by atoms with E-state index in [1.165, 1.54) is 12.2 Å². The highest BCUT2D eigenvalue weighted by molar-refractivity contribution is 7.99. The lowest BCUT2D eigenvalue weighted by atomic mass is 10.2. The Morgan fingerprint density at radius 2 is 1.73 bits per heavy atom. The molecule has 0 bridgehead atoms. The third-order valence-electron chi connectivity index (χ3n) is 1.76. The topological polar surface area (TPSA) is 20.2 Å². The van der Waals surface area contributed by atoms with Crippen molar-refractivity contribution >= 4 is 11.8 Å². The van der Waals surface area contributed by atoms with Gasteiger partial charge in [-0.2, -0.15) is 11.8 Å². The first-order chi connectivity index (χ1) is 5.04. The summed E-state index contributed by atoms with van der Waals surface area (Å²) in [5.74, 6) is 1.95. The van der Waals surface area contributed by atoms with Gasteiger partial charge in [0.25, 0.3) is 0 Å². The summed E-state index contributed by atoms with van der Waals surface area (Å²) < 4.78 is 0. The second-order valence-electron chi connectivity index (χ2n) is 3.50. The Morgan fingerprint density at radius 1 is 1.18 bits per heavy atom. The SMILES string of the molecule is CC(C)CCSC(C)C(C)O. The third kappa shape index (κ3) is 6.70. The van der Waals surface area contributed by atoms with Crippen molar-refractivity contribution in [2.45, 2.75) is 45.5 Å². The monoisotopic (exact) mass is 176 g/mol. The van der Waals surface area contributed by atoms with Crippen LogP contribution in [0.3, 0.4) is 0 Å². The maximum absolute atomic E-state index is 9.17. The molecule has 2 heteroatoms. The molecule has 2 atom stereocenters. The Bertz CT molecular complexity index is 91.6. The maximum Gasteiger partial charge on any atom is 0.0627 e. The molecule has 0 aromatic heterocycles. The van der Waals surface area contributed by atoms with Crippen molar-refractivity contribution in [1.29, 1.82) is 0 Å². The average Bonchev–Trinajstić information content (AvgIpc) is 1.86. The molecule has 0 heterocycles. The molecule has 0 aliphatic heterocycles. The van der Waals surface area contributed by atoms with Crippen molar-refractivity contribution < 1.29 is 5.11 Å². The Hall–Kier alpha value is 0.310. The molecule has 0 radical (unpaired) electrons. The minimum Gasteiger partial charge on any atom is -0.392 e. The van der Waals surface area contributed by atoms with Gasteiger partial charge in [-0.15, -0.1) is 0 Å². The molecular weight excluding hydrogens is 156 g/mol. The van der Waals surface area contributed by atoms with Gasteiger partial charge in [0.15, 0.2) is 0 Å². The van der Waals surface area contributed by atoms with Gasteiger partial charge >= 0.3 is 0 Å². The molecule has 0 saturated heterocycles. The van der Waals surface area contributed by atoms with E-state index in [1.807, 2.05) is 18.7 Å². The van der Waals surface area contributed by atoms with Crippen LogP contribution in [-0.2, 0) is 0 Å². The maximum atomic E-state index is 9.17. The fourth-order valence-electron chi connectivity index (χ4n) is 0.629. The number of hydrogen-bond acceptors (Lipinski definition) is 2. The number of rotatable bonds is 5. The minimum absolute atomic E-state index is 0.174. The van der Waals surface area contributed by atoms with E-state index in [2.05, 4.69) is 20.8 Å². The molecule has 0 fully saturated rings. The average molecular weight is 176 g/mol. The molecule has 0 rings (SSSR count). The van der Waals surface area contributed by atoms with Crippen molar-refractivity contribution in [1.82, 2.24) is 0 Å². The largest absolute Gasteiger partial charge is 0.392 e. The highest BCUT2D eigenvalue weighted by atomic mass is 32.2. The summed E-state index contributed by atoms with van der Waals surface area (Å²) in [6.07, 6.45) is 1.08. The van der Waals surface area contributed by atoms with Gasteiger partial charge in [0, 0.05) is 5.25 Å². The van der Waals surface area contributed by atoms with Crippen molar-refractivity contribution in [2.75, 3.05) is 5.75 Å². The highest BCUT2D eigenvalue weighted by Gasteiger charge is 2.08. The lowest BCUT2D eigenvalue weighted by Crippen LogP contribution is -2.15. The fraction of sp³-hybridized carbons (Fsp3) is 1.00. The summed E-state index contributed by atoms with van der Waals surface area (Å²) in [4.78, 5) is 0. The molecular formula is C9H20OS. The van der Waals surface area contributed by atoms with Gasteiger partial charge in [-0.05, 0) is 25.0 Å². The number of hydrogen-bond donors (Lipinski definition) is 1. The van der Waals surface area contributed by atoms with E-state index < -0.39 is 0 Å². The highest BCUT2D eigenvalue weighted by Crippen LogP contribution is 2.17. The van der Waals surface area contributed by atoms with E-state index in [9.17, 15) is 0 Å². The molecule has 0 aromatic rings. The minimum atomic E-state index is -0.174. The van der Waals surface area contributed by atoms with Crippen LogP contribution in [0.4, 0.5) is 0 Å². The molecule has 0 amide bonds. The zero-order valence-corrected chi connectivity index (χ0v) is 8.82. The second kappa shape index (κ2) is 5.90. The predicted molar refractivity (Wildman–Crippen MR) is 53.1 cm³/mol. The number of aliphatic hydroxyl groups is 1. The lowest BCUT2D eigenvalue weighted by Gasteiger charge is -2.14. The van der Waals surface area contributed by atoms with Gasteiger partial charge in [0.05, 0.1) is 6.10 Å². The zero-order valence-electron chi connectivity index (χ0n) is 8.00. The molecule has 0 aliphatic rings. The smallest absolute Gasteiger partial charge is 0.0627 e. The third-order valence-corrected chi connectivity index (χ3v) is 3.15. The molecule has 1 nitrogen and oxygen atoms in total. The van der Waals surface area contributed by atoms with Crippen LogP contribution in [0.2, 0.25) is 0 Å². The van der Waals surface area contributed by atoms with Gasteiger partial charge < -0.3 is 5.11 Å². The summed E-state index contributed by atoms with van der Waals surface area (Å²) in [5, 5.41) is 9.55. The first-order valence-electron chi connectivity index (χ1n) is 4.33. The summed E-state index contributed by atoms with van der Waals surface area (Å²) >= 11 is 1.86. The van der Waals surface area contributed by atoms with E-state index >= 15 is 0 Å². The molecule has 0 aromatic carbocycles. The first kappa shape index (κ1) is 11.3. The van der Waals surface area contributed by atoms with Crippen LogP contribution in [0.25, 0.3) is 0 Å². The molecule has 2 unspecified atom stereocenters. The van der Waals surface area contributed by atoms with Crippen LogP contribution in [0.1, 0.15) is 34.1 Å². The van der Waals surface area contributed by atoms with Gasteiger partial charge in [-0.1, -0.05) is 20.8 Å². The van der Waals surface area contributed by atoms with Crippen LogP contribution in [0, 0.1) is 5.92 Å². The first-order valence-corrected chi connectivity index (χ1v) is 5.38. The molecule has 11 heavy (non-hydrogen) atoms. The number of aliphatic hydroxyl groups excluding tert-OH is 1. The second-order valence-corrected chi connectivity index (χ2v) is 4.98. The van der Waals surface area contributed by atoms with Crippen molar-refractivity contribution in [3.8, 4) is 0 Å². The fourth-order valence-corrected chi connectivity index (χ4v) is 1.89. The Morgan fingerprint density at radius 3 is 2.09 bits per heavy atom. The van der Waals surface area contributed by atoms with Gasteiger partial charge in [0.2, 0.25) is 0 Å². The van der Waals surface area contributed by atoms with E-state index in [1.54, 1.807) is 0 Å². The molecule has 0 spiro atoms. The number of thioether (sulfide) groups is 1. The lowest BCUT2D eigenvalue weighted by molar-refractivity contribution is 0.196. The molecule has 0 saturated carbocycles. The van der Waals surface area contributed by atoms with Crippen LogP contribution in [0.15, 0.2) is 0 Å². The van der Waals surface area contributed by atoms with Crippen LogP contribution in [-0.4, -0.2) is 22.2 Å². The summed E-state index contributed by atoms with van der Waals surface area (Å²) in [6, 6.07) is 0.